The Morgan fingerprint density at radius 1 is 1.44 bits per heavy atom. The van der Waals surface area contributed by atoms with Gasteiger partial charge in [-0.3, -0.25) is 4.79 Å². The molecule has 0 spiro atoms. The van der Waals surface area contributed by atoms with Crippen molar-refractivity contribution >= 4 is 34.3 Å². The van der Waals surface area contributed by atoms with E-state index in [-0.39, 0.29) is 5.97 Å². The highest BCUT2D eigenvalue weighted by molar-refractivity contribution is 7.99. The van der Waals surface area contributed by atoms with Crippen molar-refractivity contribution in [2.24, 2.45) is 0 Å². The van der Waals surface area contributed by atoms with Gasteiger partial charge >= 0.3 is 5.97 Å². The number of aromatic nitrogens is 2. The number of fused-ring (bicyclic) bond motifs is 1. The largest absolute Gasteiger partial charge is 0.469 e. The summed E-state index contributed by atoms with van der Waals surface area (Å²) in [6.45, 7) is 0. The highest BCUT2D eigenvalue weighted by Gasteiger charge is 2.06. The van der Waals surface area contributed by atoms with Crippen molar-refractivity contribution in [3.05, 3.63) is 24.5 Å². The summed E-state index contributed by atoms with van der Waals surface area (Å²) in [4.78, 5) is 19.4. The number of carbonyl (C=O) groups is 1. The first-order chi connectivity index (χ1) is 8.70. The van der Waals surface area contributed by atoms with E-state index in [0.717, 1.165) is 15.9 Å². The molecule has 0 bridgehead atoms. The number of anilines is 1. The van der Waals surface area contributed by atoms with Crippen LogP contribution in [0.25, 0.3) is 10.9 Å². The molecular formula is C12H13N3O2S. The molecule has 0 fully saturated rings. The van der Waals surface area contributed by atoms with E-state index in [2.05, 4.69) is 14.7 Å². The Morgan fingerprint density at radius 2 is 2.28 bits per heavy atom. The van der Waals surface area contributed by atoms with Crippen LogP contribution in [0.1, 0.15) is 6.42 Å². The summed E-state index contributed by atoms with van der Waals surface area (Å²) in [6, 6.07) is 5.50. The van der Waals surface area contributed by atoms with Gasteiger partial charge in [0, 0.05) is 16.8 Å². The lowest BCUT2D eigenvalue weighted by Gasteiger charge is -2.05. The summed E-state index contributed by atoms with van der Waals surface area (Å²) < 4.78 is 4.59. The van der Waals surface area contributed by atoms with Gasteiger partial charge in [-0.25, -0.2) is 9.97 Å². The second kappa shape index (κ2) is 5.68. The molecule has 2 N–H and O–H groups in total. The average Bonchev–Trinajstić information content (AvgIpc) is 2.39. The van der Waals surface area contributed by atoms with E-state index in [9.17, 15) is 4.79 Å². The van der Waals surface area contributed by atoms with Gasteiger partial charge in [0.1, 0.15) is 11.4 Å². The van der Waals surface area contributed by atoms with Crippen LogP contribution in [0, 0.1) is 0 Å². The minimum atomic E-state index is -0.222. The molecule has 0 aliphatic carbocycles. The summed E-state index contributed by atoms with van der Waals surface area (Å²) in [7, 11) is 1.38. The molecule has 1 aromatic carbocycles. The Balaban J connectivity index is 2.17. The number of methoxy groups -OCH3 is 1. The number of nitrogens with two attached hydrogens (primary N) is 1. The zero-order valence-electron chi connectivity index (χ0n) is 9.92. The lowest BCUT2D eigenvalue weighted by Crippen LogP contribution is -2.01. The highest BCUT2D eigenvalue weighted by Crippen LogP contribution is 2.26. The molecule has 2 rings (SSSR count). The topological polar surface area (TPSA) is 78.1 Å². The van der Waals surface area contributed by atoms with Gasteiger partial charge in [0.25, 0.3) is 0 Å². The minimum Gasteiger partial charge on any atom is -0.469 e. The first-order valence-electron chi connectivity index (χ1n) is 5.40. The molecule has 0 amide bonds. The molecule has 0 radical (unpaired) electrons. The Labute approximate surface area is 109 Å². The lowest BCUT2D eigenvalue weighted by molar-refractivity contribution is -0.140. The third-order valence-electron chi connectivity index (χ3n) is 2.40. The maximum Gasteiger partial charge on any atom is 0.306 e. The standard InChI is InChI=1S/C12H13N3O2S/c1-17-11(16)4-5-18-12-9-6-8(13)2-3-10(9)14-7-15-12/h2-3,6-7H,4-5,13H2,1H3. The molecule has 6 heteroatoms. The quantitative estimate of drug-likeness (QED) is 0.392. The Hall–Kier alpha value is -1.82. The third-order valence-corrected chi connectivity index (χ3v) is 3.40. The molecule has 2 aromatic rings. The predicted octanol–water partition coefficient (Wildman–Crippen LogP) is 1.87. The van der Waals surface area contributed by atoms with Crippen LogP contribution < -0.4 is 5.73 Å². The first-order valence-corrected chi connectivity index (χ1v) is 6.39. The van der Waals surface area contributed by atoms with Crippen LogP contribution in [0.2, 0.25) is 0 Å². The van der Waals surface area contributed by atoms with E-state index >= 15 is 0 Å². The molecule has 0 atom stereocenters. The van der Waals surface area contributed by atoms with Crippen molar-refractivity contribution in [1.82, 2.24) is 9.97 Å². The van der Waals surface area contributed by atoms with Gasteiger partial charge in [0.2, 0.25) is 0 Å². The average molecular weight is 263 g/mol. The second-order valence-corrected chi connectivity index (χ2v) is 4.71. The van der Waals surface area contributed by atoms with E-state index in [4.69, 9.17) is 5.73 Å². The minimum absolute atomic E-state index is 0.222. The van der Waals surface area contributed by atoms with Gasteiger partial charge < -0.3 is 10.5 Å². The van der Waals surface area contributed by atoms with Crippen LogP contribution >= 0.6 is 11.8 Å². The Bertz CT molecular complexity index is 574. The molecule has 0 aliphatic heterocycles. The summed E-state index contributed by atoms with van der Waals surface area (Å²) in [5.41, 5.74) is 7.27. The molecular weight excluding hydrogens is 250 g/mol. The number of nitrogens with zero attached hydrogens (tertiary/aromatic N) is 2. The number of rotatable bonds is 4. The van der Waals surface area contributed by atoms with E-state index in [1.807, 2.05) is 12.1 Å². The van der Waals surface area contributed by atoms with E-state index in [1.54, 1.807) is 6.07 Å². The molecule has 94 valence electrons. The van der Waals surface area contributed by atoms with Crippen LogP contribution in [-0.4, -0.2) is 28.8 Å². The fourth-order valence-corrected chi connectivity index (χ4v) is 2.40. The number of nitrogen functional groups attached to an aromatic ring is 1. The molecule has 0 aliphatic rings. The monoisotopic (exact) mass is 263 g/mol. The van der Waals surface area contributed by atoms with Gasteiger partial charge in [-0.1, -0.05) is 0 Å². The van der Waals surface area contributed by atoms with Gasteiger partial charge in [0.15, 0.2) is 0 Å². The number of esters is 1. The number of hydrogen-bond donors (Lipinski definition) is 1. The number of hydrogen-bond acceptors (Lipinski definition) is 6. The van der Waals surface area contributed by atoms with Gasteiger partial charge in [-0.2, -0.15) is 0 Å². The van der Waals surface area contributed by atoms with Crippen LogP contribution in [0.4, 0.5) is 5.69 Å². The van der Waals surface area contributed by atoms with Crippen LogP contribution in [0.5, 0.6) is 0 Å². The van der Waals surface area contributed by atoms with Crippen LogP contribution in [-0.2, 0) is 9.53 Å². The van der Waals surface area contributed by atoms with Crippen molar-refractivity contribution < 1.29 is 9.53 Å². The Morgan fingerprint density at radius 3 is 3.06 bits per heavy atom. The first kappa shape index (κ1) is 12.6. The number of thioether (sulfide) groups is 1. The van der Waals surface area contributed by atoms with E-state index in [0.29, 0.717) is 17.9 Å². The molecule has 0 saturated heterocycles. The SMILES string of the molecule is COC(=O)CCSc1ncnc2ccc(N)cc12. The van der Waals surface area contributed by atoms with Crippen molar-refractivity contribution in [1.29, 1.82) is 0 Å². The lowest BCUT2D eigenvalue weighted by atomic mass is 10.2. The molecule has 1 heterocycles. The van der Waals surface area contributed by atoms with Crippen molar-refractivity contribution in [2.75, 3.05) is 18.6 Å². The zero-order valence-corrected chi connectivity index (χ0v) is 10.7. The fourth-order valence-electron chi connectivity index (χ4n) is 1.50. The third kappa shape index (κ3) is 2.89. The zero-order chi connectivity index (χ0) is 13.0. The fraction of sp³-hybridized carbons (Fsp3) is 0.250. The maximum atomic E-state index is 11.0. The normalized spacial score (nSPS) is 10.5. The van der Waals surface area contributed by atoms with Crippen LogP contribution in [0.3, 0.4) is 0 Å². The highest BCUT2D eigenvalue weighted by atomic mass is 32.2. The van der Waals surface area contributed by atoms with Gasteiger partial charge in [-0.15, -0.1) is 11.8 Å². The number of carbonyl (C=O) groups excluding carboxylic acids is 1. The van der Waals surface area contributed by atoms with Crippen LogP contribution in [0.15, 0.2) is 29.6 Å². The van der Waals surface area contributed by atoms with E-state index < -0.39 is 0 Å². The smallest absolute Gasteiger partial charge is 0.306 e. The maximum absolute atomic E-state index is 11.0. The van der Waals surface area contributed by atoms with Gasteiger partial charge in [0.05, 0.1) is 19.0 Å². The van der Waals surface area contributed by atoms with Crippen molar-refractivity contribution in [3.8, 4) is 0 Å². The van der Waals surface area contributed by atoms with Crippen molar-refractivity contribution in [2.45, 2.75) is 11.4 Å². The predicted molar refractivity (Wildman–Crippen MR) is 71.3 cm³/mol. The molecule has 1 aromatic heterocycles. The number of benzene rings is 1. The molecule has 5 nitrogen and oxygen atoms in total. The van der Waals surface area contributed by atoms with Gasteiger partial charge in [-0.05, 0) is 18.2 Å². The Kier molecular flexibility index (Phi) is 3.99. The van der Waals surface area contributed by atoms with Crippen molar-refractivity contribution in [3.63, 3.8) is 0 Å². The molecule has 0 unspecified atom stereocenters. The second-order valence-electron chi connectivity index (χ2n) is 3.63. The summed E-state index contributed by atoms with van der Waals surface area (Å²) in [5.74, 6) is 0.397. The molecule has 18 heavy (non-hydrogen) atoms. The summed E-state index contributed by atoms with van der Waals surface area (Å²) >= 11 is 1.49. The summed E-state index contributed by atoms with van der Waals surface area (Å²) in [6.07, 6.45) is 1.87. The number of ether oxygens (including phenoxy) is 1. The van der Waals surface area contributed by atoms with E-state index in [1.165, 1.54) is 25.2 Å². The summed E-state index contributed by atoms with van der Waals surface area (Å²) in [5, 5.41) is 1.74. The molecule has 0 saturated carbocycles.